The van der Waals surface area contributed by atoms with Crippen LogP contribution in [0.25, 0.3) is 0 Å². The van der Waals surface area contributed by atoms with Crippen LogP contribution in [0.3, 0.4) is 0 Å². The molecule has 0 N–H and O–H groups in total. The molecule has 68 valence electrons. The number of hydrogen-bond donors (Lipinski definition) is 0. The molecule has 2 aliphatic rings. The standard InChI is InChI=1S/C12H15N/c1-2-5-11-9-8-10-6-3-4-7-12(10)13-11/h3-4,6-10,12H,2,5H2,1H3/t10-,12?/m0/s1. The maximum Gasteiger partial charge on any atom is 0.0783 e. The Kier molecular flexibility index (Phi) is 2.44. The van der Waals surface area contributed by atoms with Gasteiger partial charge in [-0.15, -0.1) is 0 Å². The summed E-state index contributed by atoms with van der Waals surface area (Å²) in [6, 6.07) is 0.372. The molecule has 1 aliphatic heterocycles. The van der Waals surface area contributed by atoms with Crippen LogP contribution in [0.2, 0.25) is 0 Å². The predicted molar refractivity (Wildman–Crippen MR) is 57.0 cm³/mol. The van der Waals surface area contributed by atoms with Crippen LogP contribution in [-0.4, -0.2) is 11.8 Å². The molecule has 1 nitrogen and oxygen atoms in total. The molecule has 0 saturated heterocycles. The van der Waals surface area contributed by atoms with Crippen molar-refractivity contribution in [1.29, 1.82) is 0 Å². The number of dihydropyridines is 1. The lowest BCUT2D eigenvalue weighted by Gasteiger charge is -2.22. The number of rotatable bonds is 2. The van der Waals surface area contributed by atoms with E-state index >= 15 is 0 Å². The van der Waals surface area contributed by atoms with Crippen LogP contribution in [0.15, 0.2) is 41.4 Å². The van der Waals surface area contributed by atoms with E-state index in [4.69, 9.17) is 0 Å². The van der Waals surface area contributed by atoms with Gasteiger partial charge in [-0.2, -0.15) is 0 Å². The van der Waals surface area contributed by atoms with E-state index in [1.807, 2.05) is 0 Å². The second-order valence-electron chi connectivity index (χ2n) is 3.57. The molecule has 1 heteroatoms. The maximum atomic E-state index is 4.69. The summed E-state index contributed by atoms with van der Waals surface area (Å²) in [4.78, 5) is 4.69. The van der Waals surface area contributed by atoms with E-state index in [1.54, 1.807) is 0 Å². The van der Waals surface area contributed by atoms with Crippen molar-refractivity contribution >= 4 is 5.71 Å². The third-order valence-electron chi connectivity index (χ3n) is 2.48. The summed E-state index contributed by atoms with van der Waals surface area (Å²) in [5.41, 5.74) is 1.25. The monoisotopic (exact) mass is 173 g/mol. The zero-order chi connectivity index (χ0) is 9.10. The fourth-order valence-electron chi connectivity index (χ4n) is 1.78. The number of allylic oxidation sites excluding steroid dienone is 3. The highest BCUT2D eigenvalue weighted by molar-refractivity contribution is 5.95. The second kappa shape index (κ2) is 3.73. The van der Waals surface area contributed by atoms with Crippen LogP contribution in [0, 0.1) is 5.92 Å². The molecule has 0 amide bonds. The largest absolute Gasteiger partial charge is 0.281 e. The summed E-state index contributed by atoms with van der Waals surface area (Å²) in [7, 11) is 0. The van der Waals surface area contributed by atoms with Crippen molar-refractivity contribution < 1.29 is 0 Å². The van der Waals surface area contributed by atoms with E-state index in [0.717, 1.165) is 6.42 Å². The summed E-state index contributed by atoms with van der Waals surface area (Å²) in [5.74, 6) is 0.505. The first-order valence-electron chi connectivity index (χ1n) is 5.00. The Morgan fingerprint density at radius 2 is 2.08 bits per heavy atom. The maximum absolute atomic E-state index is 4.69. The Hall–Kier alpha value is -1.11. The van der Waals surface area contributed by atoms with Crippen molar-refractivity contribution in [1.82, 2.24) is 0 Å². The molecule has 0 aromatic carbocycles. The lowest BCUT2D eigenvalue weighted by atomic mass is 9.92. The van der Waals surface area contributed by atoms with E-state index in [1.165, 1.54) is 12.1 Å². The number of nitrogens with zero attached hydrogens (tertiary/aromatic N) is 1. The molecule has 0 radical (unpaired) electrons. The zero-order valence-electron chi connectivity index (χ0n) is 7.98. The van der Waals surface area contributed by atoms with E-state index < -0.39 is 0 Å². The average Bonchev–Trinajstić information content (AvgIpc) is 2.18. The normalized spacial score (nSPS) is 30.1. The molecule has 2 rings (SSSR count). The molecule has 1 aliphatic carbocycles. The summed E-state index contributed by atoms with van der Waals surface area (Å²) in [6.45, 7) is 2.19. The summed E-state index contributed by atoms with van der Waals surface area (Å²) >= 11 is 0. The van der Waals surface area contributed by atoms with Crippen LogP contribution < -0.4 is 0 Å². The van der Waals surface area contributed by atoms with Crippen molar-refractivity contribution in [3.05, 3.63) is 36.5 Å². The van der Waals surface area contributed by atoms with Crippen molar-refractivity contribution in [3.8, 4) is 0 Å². The van der Waals surface area contributed by atoms with Crippen LogP contribution >= 0.6 is 0 Å². The molecule has 1 heterocycles. The van der Waals surface area contributed by atoms with Gasteiger partial charge in [0.1, 0.15) is 0 Å². The lowest BCUT2D eigenvalue weighted by molar-refractivity contribution is 0.675. The van der Waals surface area contributed by atoms with Gasteiger partial charge in [-0.05, 0) is 12.5 Å². The highest BCUT2D eigenvalue weighted by atomic mass is 14.8. The Bertz CT molecular complexity index is 294. The molecule has 0 bridgehead atoms. The summed E-state index contributed by atoms with van der Waals surface area (Å²) in [5, 5.41) is 0. The topological polar surface area (TPSA) is 12.4 Å². The SMILES string of the molecule is CCCC1=NC2C=CC=C[C@H]2C=C1. The minimum atomic E-state index is 0.372. The number of aliphatic imine (C=N–C) groups is 1. The molecule has 0 spiro atoms. The predicted octanol–water partition coefficient (Wildman–Crippen LogP) is 2.91. The minimum absolute atomic E-state index is 0.372. The first-order chi connectivity index (χ1) is 6.40. The molecule has 0 aromatic rings. The van der Waals surface area contributed by atoms with Gasteiger partial charge in [-0.3, -0.25) is 4.99 Å². The molecule has 1 unspecified atom stereocenters. The van der Waals surface area contributed by atoms with Gasteiger partial charge in [0.2, 0.25) is 0 Å². The quantitative estimate of drug-likeness (QED) is 0.609. The Balaban J connectivity index is 2.13. The van der Waals surface area contributed by atoms with Crippen molar-refractivity contribution in [2.24, 2.45) is 10.9 Å². The van der Waals surface area contributed by atoms with Gasteiger partial charge in [0.25, 0.3) is 0 Å². The minimum Gasteiger partial charge on any atom is -0.281 e. The van der Waals surface area contributed by atoms with Crippen molar-refractivity contribution in [2.45, 2.75) is 25.8 Å². The van der Waals surface area contributed by atoms with Gasteiger partial charge in [-0.25, -0.2) is 0 Å². The van der Waals surface area contributed by atoms with Gasteiger partial charge in [0.15, 0.2) is 0 Å². The molecule has 0 saturated carbocycles. The fourth-order valence-corrected chi connectivity index (χ4v) is 1.78. The highest BCUT2D eigenvalue weighted by Gasteiger charge is 2.18. The van der Waals surface area contributed by atoms with Gasteiger partial charge in [0, 0.05) is 11.6 Å². The average molecular weight is 173 g/mol. The fraction of sp³-hybridized carbons (Fsp3) is 0.417. The second-order valence-corrected chi connectivity index (χ2v) is 3.57. The summed E-state index contributed by atoms with van der Waals surface area (Å²) in [6.07, 6.45) is 15.3. The molecular formula is C12H15N. The number of hydrogen-bond acceptors (Lipinski definition) is 1. The molecule has 0 fully saturated rings. The summed E-state index contributed by atoms with van der Waals surface area (Å²) < 4.78 is 0. The van der Waals surface area contributed by atoms with Gasteiger partial charge < -0.3 is 0 Å². The first-order valence-corrected chi connectivity index (χ1v) is 5.00. The third-order valence-corrected chi connectivity index (χ3v) is 2.48. The third kappa shape index (κ3) is 1.80. The Morgan fingerprint density at radius 1 is 1.23 bits per heavy atom. The van der Waals surface area contributed by atoms with Crippen LogP contribution in [0.4, 0.5) is 0 Å². The van der Waals surface area contributed by atoms with Gasteiger partial charge in [0.05, 0.1) is 6.04 Å². The van der Waals surface area contributed by atoms with Gasteiger partial charge in [-0.1, -0.05) is 43.7 Å². The zero-order valence-corrected chi connectivity index (χ0v) is 7.98. The molecule has 13 heavy (non-hydrogen) atoms. The molecule has 2 atom stereocenters. The lowest BCUT2D eigenvalue weighted by Crippen LogP contribution is -2.20. The molecular weight excluding hydrogens is 158 g/mol. The van der Waals surface area contributed by atoms with Crippen LogP contribution in [0.1, 0.15) is 19.8 Å². The van der Waals surface area contributed by atoms with E-state index in [0.29, 0.717) is 12.0 Å². The Morgan fingerprint density at radius 3 is 2.92 bits per heavy atom. The number of fused-ring (bicyclic) bond motifs is 1. The van der Waals surface area contributed by atoms with Gasteiger partial charge >= 0.3 is 0 Å². The van der Waals surface area contributed by atoms with Crippen molar-refractivity contribution in [2.75, 3.05) is 0 Å². The molecule has 0 aromatic heterocycles. The smallest absolute Gasteiger partial charge is 0.0783 e. The van der Waals surface area contributed by atoms with Crippen LogP contribution in [0.5, 0.6) is 0 Å². The Labute approximate surface area is 79.6 Å². The van der Waals surface area contributed by atoms with E-state index in [9.17, 15) is 0 Å². The van der Waals surface area contributed by atoms with Crippen LogP contribution in [-0.2, 0) is 0 Å². The highest BCUT2D eigenvalue weighted by Crippen LogP contribution is 2.21. The van der Waals surface area contributed by atoms with Crippen molar-refractivity contribution in [3.63, 3.8) is 0 Å². The first kappa shape index (κ1) is 8.49. The van der Waals surface area contributed by atoms with E-state index in [-0.39, 0.29) is 0 Å². The van der Waals surface area contributed by atoms with E-state index in [2.05, 4.69) is 48.4 Å².